The molecule has 2 aromatic rings. The van der Waals surface area contributed by atoms with Crippen LogP contribution in [0.15, 0.2) is 23.3 Å². The lowest BCUT2D eigenvalue weighted by atomic mass is 9.96. The summed E-state index contributed by atoms with van der Waals surface area (Å²) in [6.07, 6.45) is -6.82. The Balaban J connectivity index is 1.24. The first-order valence-corrected chi connectivity index (χ1v) is 11.6. The number of aromatic amines is 1. The fraction of sp³-hybridized carbons (Fsp3) is 0.545. The van der Waals surface area contributed by atoms with Gasteiger partial charge in [0.1, 0.15) is 18.8 Å². The number of hydrogen-bond acceptors (Lipinski definition) is 8. The summed E-state index contributed by atoms with van der Waals surface area (Å²) in [6.45, 7) is 1.62. The molecule has 1 saturated heterocycles. The van der Waals surface area contributed by atoms with E-state index in [1.54, 1.807) is 5.10 Å². The van der Waals surface area contributed by atoms with Crippen LogP contribution in [0.3, 0.4) is 0 Å². The van der Waals surface area contributed by atoms with Crippen molar-refractivity contribution in [2.45, 2.75) is 50.2 Å². The minimum atomic E-state index is -4.89. The molecular weight excluding hydrogens is 526 g/mol. The summed E-state index contributed by atoms with van der Waals surface area (Å²) in [5.41, 5.74) is -4.19. The molecule has 1 unspecified atom stereocenters. The Morgan fingerprint density at radius 2 is 2.03 bits per heavy atom. The Labute approximate surface area is 211 Å². The fourth-order valence-corrected chi connectivity index (χ4v) is 4.41. The van der Waals surface area contributed by atoms with Crippen LogP contribution < -0.4 is 25.8 Å². The lowest BCUT2D eigenvalue weighted by Crippen LogP contribution is -2.54. The van der Waals surface area contributed by atoms with Gasteiger partial charge in [0.05, 0.1) is 30.1 Å². The highest BCUT2D eigenvalue weighted by molar-refractivity contribution is 5.77. The van der Waals surface area contributed by atoms with Crippen molar-refractivity contribution in [1.29, 1.82) is 0 Å². The van der Waals surface area contributed by atoms with E-state index in [0.29, 0.717) is 25.2 Å². The molecule has 4 rings (SSSR count). The first-order valence-electron chi connectivity index (χ1n) is 11.6. The number of carbonyl (C=O) groups excluding carboxylic acids is 1. The van der Waals surface area contributed by atoms with Gasteiger partial charge < -0.3 is 25.0 Å². The van der Waals surface area contributed by atoms with E-state index >= 15 is 0 Å². The van der Waals surface area contributed by atoms with Crippen LogP contribution in [0.25, 0.3) is 0 Å². The third-order valence-corrected chi connectivity index (χ3v) is 6.09. The van der Waals surface area contributed by atoms with Crippen LogP contribution in [0.2, 0.25) is 0 Å². The van der Waals surface area contributed by atoms with Crippen LogP contribution in [0.4, 0.5) is 37.8 Å². The molecule has 0 aliphatic carbocycles. The average molecular weight is 550 g/mol. The van der Waals surface area contributed by atoms with Crippen molar-refractivity contribution in [2.75, 3.05) is 36.6 Å². The van der Waals surface area contributed by atoms with Gasteiger partial charge in [0.25, 0.3) is 5.56 Å². The van der Waals surface area contributed by atoms with E-state index in [1.807, 2.05) is 4.90 Å². The van der Waals surface area contributed by atoms with Crippen LogP contribution in [-0.2, 0) is 21.9 Å². The maximum atomic E-state index is 13.1. The molecule has 0 aromatic carbocycles. The van der Waals surface area contributed by atoms with Crippen molar-refractivity contribution in [3.63, 3.8) is 0 Å². The van der Waals surface area contributed by atoms with Crippen molar-refractivity contribution in [3.8, 4) is 5.75 Å². The topological polar surface area (TPSA) is 121 Å². The van der Waals surface area contributed by atoms with E-state index in [1.165, 1.54) is 6.92 Å². The molecule has 2 aliphatic rings. The lowest BCUT2D eigenvalue weighted by Gasteiger charge is -2.43. The molecule has 0 bridgehead atoms. The summed E-state index contributed by atoms with van der Waals surface area (Å²) in [7, 11) is 0. The second-order valence-corrected chi connectivity index (χ2v) is 9.04. The van der Waals surface area contributed by atoms with Gasteiger partial charge in [-0.2, -0.15) is 31.4 Å². The predicted octanol–water partition coefficient (Wildman–Crippen LogP) is 2.57. The molecule has 3 atom stereocenters. The molecule has 16 heteroatoms. The molecule has 1 fully saturated rings. The van der Waals surface area contributed by atoms with Gasteiger partial charge in [0.2, 0.25) is 5.91 Å². The number of ether oxygens (including phenoxy) is 2. The molecule has 2 aromatic heterocycles. The number of nitrogens with zero attached hydrogens (tertiary/aromatic N) is 3. The number of aromatic nitrogens is 3. The number of H-pyrrole nitrogens is 1. The van der Waals surface area contributed by atoms with Crippen molar-refractivity contribution < 1.29 is 40.6 Å². The van der Waals surface area contributed by atoms with E-state index in [2.05, 4.69) is 20.7 Å². The van der Waals surface area contributed by atoms with E-state index in [-0.39, 0.29) is 37.7 Å². The predicted molar refractivity (Wildman–Crippen MR) is 121 cm³/mol. The molecule has 4 heterocycles. The minimum absolute atomic E-state index is 0.0629. The number of amides is 1. The number of fused-ring (bicyclic) bond motifs is 3. The Hall–Kier alpha value is -3.56. The van der Waals surface area contributed by atoms with Gasteiger partial charge in [0.15, 0.2) is 11.6 Å². The van der Waals surface area contributed by atoms with Crippen LogP contribution in [-0.4, -0.2) is 65.6 Å². The number of carbonyl (C=O) groups is 1. The zero-order valence-corrected chi connectivity index (χ0v) is 19.9. The number of piperidine rings is 1. The van der Waals surface area contributed by atoms with Gasteiger partial charge >= 0.3 is 12.4 Å². The first-order chi connectivity index (χ1) is 17.8. The summed E-state index contributed by atoms with van der Waals surface area (Å²) in [6, 6.07) is -0.184. The van der Waals surface area contributed by atoms with E-state index in [0.717, 1.165) is 18.5 Å². The monoisotopic (exact) mass is 550 g/mol. The zero-order chi connectivity index (χ0) is 27.7. The Bertz CT molecular complexity index is 1220. The summed E-state index contributed by atoms with van der Waals surface area (Å²) >= 11 is 0. The van der Waals surface area contributed by atoms with Gasteiger partial charge in [-0.25, -0.2) is 10.1 Å². The molecule has 0 radical (unpaired) electrons. The number of anilines is 2. The standard InChI is InChI=1S/C22H24F6N6O4/c1-11(31-15-7-30-33-20(36)18(15)22(26,27)28)8-37-10-17(35)32-13-2-3-34-14(5-13)9-38-16-4-12(21(23,24)25)6-29-19(16)34/h4,6-7,11,13-14H,2-3,5,8-10H2,1H3,(H,32,35)(H2,31,33,36)/t11-,13?,14+/m0/s1. The Morgan fingerprint density at radius 3 is 2.74 bits per heavy atom. The number of alkyl halides is 6. The van der Waals surface area contributed by atoms with Crippen molar-refractivity contribution in [2.24, 2.45) is 0 Å². The highest BCUT2D eigenvalue weighted by Crippen LogP contribution is 2.39. The van der Waals surface area contributed by atoms with Crippen LogP contribution >= 0.6 is 0 Å². The molecule has 208 valence electrons. The molecule has 0 spiro atoms. The summed E-state index contributed by atoms with van der Waals surface area (Å²) in [4.78, 5) is 29.7. The zero-order valence-electron chi connectivity index (χ0n) is 19.9. The molecule has 2 aliphatic heterocycles. The first kappa shape index (κ1) is 27.5. The van der Waals surface area contributed by atoms with Gasteiger partial charge in [0, 0.05) is 24.8 Å². The summed E-state index contributed by atoms with van der Waals surface area (Å²) in [5.74, 6) is -0.0457. The Morgan fingerprint density at radius 1 is 1.26 bits per heavy atom. The SMILES string of the molecule is C[C@@H](COCC(=O)NC1CCN2c3ncc(C(F)(F)F)cc3OC[C@H]2C1)Nc1cn[nH]c(=O)c1C(F)(F)F. The van der Waals surface area contributed by atoms with E-state index in [4.69, 9.17) is 9.47 Å². The number of rotatable bonds is 7. The highest BCUT2D eigenvalue weighted by atomic mass is 19.4. The second-order valence-electron chi connectivity index (χ2n) is 9.04. The summed E-state index contributed by atoms with van der Waals surface area (Å²) in [5, 5.41) is 10.5. The third kappa shape index (κ3) is 6.28. The maximum absolute atomic E-state index is 13.1. The number of nitrogens with one attached hydrogen (secondary N) is 3. The fourth-order valence-electron chi connectivity index (χ4n) is 4.41. The number of hydrogen-bond donors (Lipinski definition) is 3. The second kappa shape index (κ2) is 10.7. The minimum Gasteiger partial charge on any atom is -0.488 e. The van der Waals surface area contributed by atoms with Crippen LogP contribution in [0.1, 0.15) is 30.9 Å². The lowest BCUT2D eigenvalue weighted by molar-refractivity contribution is -0.138. The molecule has 0 saturated carbocycles. The van der Waals surface area contributed by atoms with Crippen LogP contribution in [0, 0.1) is 0 Å². The smallest absolute Gasteiger partial charge is 0.423 e. The Kier molecular flexibility index (Phi) is 7.71. The van der Waals surface area contributed by atoms with Crippen molar-refractivity contribution in [1.82, 2.24) is 20.5 Å². The van der Waals surface area contributed by atoms with E-state index < -0.39 is 46.7 Å². The average Bonchev–Trinajstić information content (AvgIpc) is 2.82. The maximum Gasteiger partial charge on any atom is 0.423 e. The number of pyridine rings is 1. The van der Waals surface area contributed by atoms with Gasteiger partial charge in [-0.1, -0.05) is 0 Å². The van der Waals surface area contributed by atoms with Crippen LogP contribution in [0.5, 0.6) is 5.75 Å². The quantitative estimate of drug-likeness (QED) is 0.450. The van der Waals surface area contributed by atoms with Gasteiger partial charge in [-0.05, 0) is 25.8 Å². The summed E-state index contributed by atoms with van der Waals surface area (Å²) < 4.78 is 89.1. The molecular formula is C22H24F6N6O4. The van der Waals surface area contributed by atoms with E-state index in [9.17, 15) is 35.9 Å². The van der Waals surface area contributed by atoms with Gasteiger partial charge in [-0.15, -0.1) is 0 Å². The van der Waals surface area contributed by atoms with Crippen molar-refractivity contribution >= 4 is 17.4 Å². The molecule has 38 heavy (non-hydrogen) atoms. The van der Waals surface area contributed by atoms with Gasteiger partial charge in [-0.3, -0.25) is 9.59 Å². The third-order valence-electron chi connectivity index (χ3n) is 6.09. The largest absolute Gasteiger partial charge is 0.488 e. The van der Waals surface area contributed by atoms with Crippen molar-refractivity contribution in [3.05, 3.63) is 39.9 Å². The number of halogens is 6. The highest BCUT2D eigenvalue weighted by Gasteiger charge is 2.39. The molecule has 10 nitrogen and oxygen atoms in total. The molecule has 3 N–H and O–H groups in total. The molecule has 1 amide bonds. The normalized spacial score (nSPS) is 20.1.